The zero-order valence-corrected chi connectivity index (χ0v) is 10.4. The first-order chi connectivity index (χ1) is 8.04. The average Bonchev–Trinajstić information content (AvgIpc) is 2.28. The van der Waals surface area contributed by atoms with Crippen LogP contribution >= 0.6 is 0 Å². The number of nitro benzene ring substituents is 1. The van der Waals surface area contributed by atoms with Gasteiger partial charge in [-0.1, -0.05) is 6.07 Å². The van der Waals surface area contributed by atoms with Crippen molar-refractivity contribution >= 4 is 11.4 Å². The third-order valence-corrected chi connectivity index (χ3v) is 2.39. The third kappa shape index (κ3) is 4.03. The Morgan fingerprint density at radius 1 is 1.53 bits per heavy atom. The summed E-state index contributed by atoms with van der Waals surface area (Å²) in [4.78, 5) is 10.4. The fourth-order valence-corrected chi connectivity index (χ4v) is 1.52. The molecule has 0 fully saturated rings. The summed E-state index contributed by atoms with van der Waals surface area (Å²) >= 11 is 0. The van der Waals surface area contributed by atoms with E-state index in [-0.39, 0.29) is 16.7 Å². The van der Waals surface area contributed by atoms with Crippen molar-refractivity contribution in [1.82, 2.24) is 0 Å². The van der Waals surface area contributed by atoms with E-state index in [1.54, 1.807) is 19.1 Å². The Hall–Kier alpha value is -1.62. The summed E-state index contributed by atoms with van der Waals surface area (Å²) in [6, 6.07) is 5.26. The van der Waals surface area contributed by atoms with Gasteiger partial charge in [0.25, 0.3) is 5.69 Å². The Bertz CT molecular complexity index is 393. The summed E-state index contributed by atoms with van der Waals surface area (Å²) in [7, 11) is 0. The van der Waals surface area contributed by atoms with E-state index in [0.29, 0.717) is 18.8 Å². The molecule has 0 aromatic heterocycles. The molecular formula is C12H18N2O3. The second-order valence-electron chi connectivity index (χ2n) is 3.96. The first kappa shape index (κ1) is 13.4. The lowest BCUT2D eigenvalue weighted by Crippen LogP contribution is -2.21. The number of aryl methyl sites for hydroxylation is 1. The second-order valence-corrected chi connectivity index (χ2v) is 3.96. The van der Waals surface area contributed by atoms with Crippen LogP contribution < -0.4 is 5.32 Å². The molecule has 0 aliphatic carbocycles. The van der Waals surface area contributed by atoms with Crippen LogP contribution in [0.25, 0.3) is 0 Å². The van der Waals surface area contributed by atoms with Crippen LogP contribution in [0.15, 0.2) is 18.2 Å². The number of anilines is 1. The topological polar surface area (TPSA) is 64.4 Å². The van der Waals surface area contributed by atoms with Crippen molar-refractivity contribution in [2.75, 3.05) is 18.5 Å². The fourth-order valence-electron chi connectivity index (χ4n) is 1.52. The summed E-state index contributed by atoms with van der Waals surface area (Å²) in [5, 5.41) is 14.0. The fraction of sp³-hybridized carbons (Fsp3) is 0.500. The monoisotopic (exact) mass is 238 g/mol. The van der Waals surface area contributed by atoms with Crippen LogP contribution in [-0.2, 0) is 4.74 Å². The Labute approximate surface area is 101 Å². The van der Waals surface area contributed by atoms with Crippen LogP contribution in [0.3, 0.4) is 0 Å². The quantitative estimate of drug-likeness (QED) is 0.611. The maximum atomic E-state index is 10.8. The van der Waals surface area contributed by atoms with E-state index in [4.69, 9.17) is 4.74 Å². The highest BCUT2D eigenvalue weighted by Gasteiger charge is 2.11. The lowest BCUT2D eigenvalue weighted by atomic mass is 10.2. The number of rotatable bonds is 6. The molecule has 0 aliphatic heterocycles. The molecule has 0 aliphatic rings. The molecular weight excluding hydrogens is 220 g/mol. The van der Waals surface area contributed by atoms with E-state index in [1.807, 2.05) is 19.9 Å². The summed E-state index contributed by atoms with van der Waals surface area (Å²) in [6.07, 6.45) is 0. The van der Waals surface area contributed by atoms with Gasteiger partial charge in [-0.05, 0) is 26.8 Å². The van der Waals surface area contributed by atoms with Gasteiger partial charge in [-0.2, -0.15) is 0 Å². The minimum absolute atomic E-state index is 0.122. The summed E-state index contributed by atoms with van der Waals surface area (Å²) < 4.78 is 5.27. The van der Waals surface area contributed by atoms with E-state index < -0.39 is 0 Å². The first-order valence-electron chi connectivity index (χ1n) is 5.64. The maximum Gasteiger partial charge on any atom is 0.274 e. The van der Waals surface area contributed by atoms with Gasteiger partial charge in [0.2, 0.25) is 0 Å². The van der Waals surface area contributed by atoms with Crippen LogP contribution in [0, 0.1) is 17.0 Å². The Morgan fingerprint density at radius 2 is 2.24 bits per heavy atom. The molecule has 0 spiro atoms. The molecule has 5 heteroatoms. The molecule has 1 unspecified atom stereocenters. The molecule has 1 N–H and O–H groups in total. The highest BCUT2D eigenvalue weighted by Crippen LogP contribution is 2.22. The van der Waals surface area contributed by atoms with Gasteiger partial charge in [-0.25, -0.2) is 0 Å². The van der Waals surface area contributed by atoms with Crippen LogP contribution in [-0.4, -0.2) is 24.2 Å². The smallest absolute Gasteiger partial charge is 0.274 e. The molecule has 1 rings (SSSR count). The lowest BCUT2D eigenvalue weighted by Gasteiger charge is -2.15. The minimum atomic E-state index is -0.367. The van der Waals surface area contributed by atoms with Gasteiger partial charge in [0, 0.05) is 30.0 Å². The van der Waals surface area contributed by atoms with Crippen LogP contribution in [0.2, 0.25) is 0 Å². The number of benzene rings is 1. The van der Waals surface area contributed by atoms with Crippen molar-refractivity contribution in [3.63, 3.8) is 0 Å². The van der Waals surface area contributed by atoms with Crippen molar-refractivity contribution in [2.24, 2.45) is 0 Å². The van der Waals surface area contributed by atoms with Gasteiger partial charge in [0.05, 0.1) is 11.5 Å². The second kappa shape index (κ2) is 6.20. The van der Waals surface area contributed by atoms with Gasteiger partial charge in [0.15, 0.2) is 0 Å². The van der Waals surface area contributed by atoms with Crippen molar-refractivity contribution < 1.29 is 9.66 Å². The molecule has 17 heavy (non-hydrogen) atoms. The zero-order valence-electron chi connectivity index (χ0n) is 10.4. The standard InChI is InChI=1S/C12H18N2O3/c1-4-17-8-10(3)13-11-6-5-9(2)12(7-11)14(15)16/h5-7,10,13H,4,8H2,1-3H3. The molecule has 1 aromatic carbocycles. The normalized spacial score (nSPS) is 12.2. The van der Waals surface area contributed by atoms with Gasteiger partial charge >= 0.3 is 0 Å². The zero-order chi connectivity index (χ0) is 12.8. The number of nitro groups is 1. The summed E-state index contributed by atoms with van der Waals surface area (Å²) in [5.74, 6) is 0. The number of ether oxygens (including phenoxy) is 1. The van der Waals surface area contributed by atoms with Crippen LogP contribution in [0.4, 0.5) is 11.4 Å². The highest BCUT2D eigenvalue weighted by atomic mass is 16.6. The Morgan fingerprint density at radius 3 is 2.82 bits per heavy atom. The average molecular weight is 238 g/mol. The predicted molar refractivity (Wildman–Crippen MR) is 67.4 cm³/mol. The van der Waals surface area contributed by atoms with E-state index in [9.17, 15) is 10.1 Å². The molecule has 94 valence electrons. The largest absolute Gasteiger partial charge is 0.380 e. The molecule has 0 bridgehead atoms. The van der Waals surface area contributed by atoms with Gasteiger partial charge < -0.3 is 10.1 Å². The maximum absolute atomic E-state index is 10.8. The van der Waals surface area contributed by atoms with Gasteiger partial charge in [0.1, 0.15) is 0 Å². The first-order valence-corrected chi connectivity index (χ1v) is 5.64. The number of hydrogen-bond donors (Lipinski definition) is 1. The molecule has 0 radical (unpaired) electrons. The van der Waals surface area contributed by atoms with Crippen molar-refractivity contribution in [1.29, 1.82) is 0 Å². The lowest BCUT2D eigenvalue weighted by molar-refractivity contribution is -0.385. The molecule has 0 saturated heterocycles. The molecule has 1 aromatic rings. The van der Waals surface area contributed by atoms with E-state index in [0.717, 1.165) is 5.69 Å². The predicted octanol–water partition coefficient (Wildman–Crippen LogP) is 2.74. The molecule has 0 saturated carbocycles. The highest BCUT2D eigenvalue weighted by molar-refractivity contribution is 5.55. The SMILES string of the molecule is CCOCC(C)Nc1ccc(C)c([N+](=O)[O-])c1. The van der Waals surface area contributed by atoms with Crippen LogP contribution in [0.5, 0.6) is 0 Å². The third-order valence-electron chi connectivity index (χ3n) is 2.39. The molecule has 5 nitrogen and oxygen atoms in total. The summed E-state index contributed by atoms with van der Waals surface area (Å²) in [5.41, 5.74) is 1.55. The number of hydrogen-bond acceptors (Lipinski definition) is 4. The van der Waals surface area contributed by atoms with E-state index >= 15 is 0 Å². The minimum Gasteiger partial charge on any atom is -0.380 e. The van der Waals surface area contributed by atoms with Crippen LogP contribution in [0.1, 0.15) is 19.4 Å². The van der Waals surface area contributed by atoms with E-state index in [2.05, 4.69) is 5.32 Å². The Balaban J connectivity index is 2.72. The molecule has 0 heterocycles. The van der Waals surface area contributed by atoms with Gasteiger partial charge in [-0.15, -0.1) is 0 Å². The Kier molecular flexibility index (Phi) is 4.90. The van der Waals surface area contributed by atoms with Crippen molar-refractivity contribution in [2.45, 2.75) is 26.8 Å². The van der Waals surface area contributed by atoms with E-state index in [1.165, 1.54) is 0 Å². The van der Waals surface area contributed by atoms with Crippen molar-refractivity contribution in [3.8, 4) is 0 Å². The summed E-state index contributed by atoms with van der Waals surface area (Å²) in [6.45, 7) is 6.88. The number of nitrogens with one attached hydrogen (secondary N) is 1. The van der Waals surface area contributed by atoms with Gasteiger partial charge in [-0.3, -0.25) is 10.1 Å². The molecule has 0 amide bonds. The number of nitrogens with zero attached hydrogens (tertiary/aromatic N) is 1. The molecule has 1 atom stereocenters. The van der Waals surface area contributed by atoms with Crippen molar-refractivity contribution in [3.05, 3.63) is 33.9 Å².